The number of aryl methyl sites for hydroxylation is 2. The molecule has 3 aromatic carbocycles. The van der Waals surface area contributed by atoms with Crippen LogP contribution in [-0.4, -0.2) is 22.4 Å². The van der Waals surface area contributed by atoms with Crippen LogP contribution in [0.1, 0.15) is 30.9 Å². The molecule has 0 fully saturated rings. The largest absolute Gasteiger partial charge is 0.353 e. The van der Waals surface area contributed by atoms with E-state index in [0.29, 0.717) is 25.8 Å². The lowest BCUT2D eigenvalue weighted by molar-refractivity contribution is -0.118. The number of halogens is 1. The van der Waals surface area contributed by atoms with Gasteiger partial charge in [0.15, 0.2) is 0 Å². The number of carbonyl (C=O) groups is 1. The Balaban J connectivity index is 1.43. The van der Waals surface area contributed by atoms with Gasteiger partial charge < -0.3 is 9.88 Å². The minimum Gasteiger partial charge on any atom is -0.353 e. The van der Waals surface area contributed by atoms with E-state index in [1.54, 1.807) is 12.1 Å². The second-order valence-electron chi connectivity index (χ2n) is 8.89. The highest BCUT2D eigenvalue weighted by Gasteiger charge is 2.18. The van der Waals surface area contributed by atoms with Crippen LogP contribution in [0.2, 0.25) is 0 Å². The Morgan fingerprint density at radius 2 is 1.86 bits per heavy atom. The van der Waals surface area contributed by atoms with Crippen LogP contribution in [0.4, 0.5) is 10.1 Å². The van der Waals surface area contributed by atoms with Crippen molar-refractivity contribution < 1.29 is 9.18 Å². The van der Waals surface area contributed by atoms with E-state index in [4.69, 9.17) is 4.98 Å². The summed E-state index contributed by atoms with van der Waals surface area (Å²) in [5, 5.41) is 1.91. The van der Waals surface area contributed by atoms with Gasteiger partial charge >= 0.3 is 0 Å². The van der Waals surface area contributed by atoms with Gasteiger partial charge in [-0.25, -0.2) is 9.37 Å². The zero-order chi connectivity index (χ0) is 24.4. The molecule has 5 aromatic rings. The van der Waals surface area contributed by atoms with E-state index in [9.17, 15) is 9.18 Å². The van der Waals surface area contributed by atoms with Crippen molar-refractivity contribution in [1.29, 1.82) is 0 Å². The zero-order valence-electron chi connectivity index (χ0n) is 20.0. The van der Waals surface area contributed by atoms with Gasteiger partial charge in [-0.3, -0.25) is 4.79 Å². The van der Waals surface area contributed by atoms with Crippen LogP contribution >= 0.6 is 0 Å². The number of amides is 1. The SMILES string of the molecule is CCN(C(=O)CCCc1c(-c2ccc3ccccc3n2)[nH]c2ccc(F)cc12)c1cccc(C)c1. The number of hydrogen-bond acceptors (Lipinski definition) is 2. The molecular formula is C30H28FN3O. The molecule has 0 saturated heterocycles. The number of pyridine rings is 1. The lowest BCUT2D eigenvalue weighted by atomic mass is 10.0. The van der Waals surface area contributed by atoms with Crippen LogP contribution in [0.15, 0.2) is 78.9 Å². The fourth-order valence-electron chi connectivity index (χ4n) is 4.75. The summed E-state index contributed by atoms with van der Waals surface area (Å²) >= 11 is 0. The van der Waals surface area contributed by atoms with Crippen LogP contribution in [0.25, 0.3) is 33.2 Å². The number of nitrogens with one attached hydrogen (secondary N) is 1. The van der Waals surface area contributed by atoms with E-state index in [0.717, 1.165) is 50.0 Å². The maximum atomic E-state index is 14.2. The first kappa shape index (κ1) is 22.8. The monoisotopic (exact) mass is 465 g/mol. The number of H-pyrrole nitrogens is 1. The summed E-state index contributed by atoms with van der Waals surface area (Å²) in [6, 6.07) is 24.8. The number of nitrogens with zero attached hydrogens (tertiary/aromatic N) is 2. The number of hydrogen-bond donors (Lipinski definition) is 1. The lowest BCUT2D eigenvalue weighted by Crippen LogP contribution is -2.30. The minimum atomic E-state index is -0.275. The van der Waals surface area contributed by atoms with Gasteiger partial charge in [-0.1, -0.05) is 36.4 Å². The number of para-hydroxylation sites is 1. The highest BCUT2D eigenvalue weighted by atomic mass is 19.1. The molecule has 0 saturated carbocycles. The third-order valence-electron chi connectivity index (χ3n) is 6.47. The molecule has 0 aliphatic carbocycles. The summed E-state index contributed by atoms with van der Waals surface area (Å²) in [6.45, 7) is 4.64. The quantitative estimate of drug-likeness (QED) is 0.276. The Bertz CT molecular complexity index is 1520. The molecule has 0 radical (unpaired) electrons. The second kappa shape index (κ2) is 9.71. The van der Waals surface area contributed by atoms with Crippen LogP contribution in [0.3, 0.4) is 0 Å². The molecule has 0 bridgehead atoms. The zero-order valence-corrected chi connectivity index (χ0v) is 20.0. The van der Waals surface area contributed by atoms with Crippen molar-refractivity contribution in [3.8, 4) is 11.4 Å². The van der Waals surface area contributed by atoms with Gasteiger partial charge in [-0.05, 0) is 80.3 Å². The van der Waals surface area contributed by atoms with E-state index < -0.39 is 0 Å². The van der Waals surface area contributed by atoms with E-state index in [-0.39, 0.29) is 11.7 Å². The average Bonchev–Trinajstić information content (AvgIpc) is 3.22. The lowest BCUT2D eigenvalue weighted by Gasteiger charge is -2.21. The molecule has 176 valence electrons. The average molecular weight is 466 g/mol. The third kappa shape index (κ3) is 4.67. The van der Waals surface area contributed by atoms with Gasteiger partial charge in [0.2, 0.25) is 5.91 Å². The molecule has 1 N–H and O–H groups in total. The van der Waals surface area contributed by atoms with Crippen molar-refractivity contribution in [3.63, 3.8) is 0 Å². The first-order valence-corrected chi connectivity index (χ1v) is 12.1. The van der Waals surface area contributed by atoms with Crippen molar-refractivity contribution in [1.82, 2.24) is 9.97 Å². The maximum Gasteiger partial charge on any atom is 0.226 e. The van der Waals surface area contributed by atoms with Crippen molar-refractivity contribution in [3.05, 3.63) is 95.8 Å². The Labute approximate surface area is 204 Å². The maximum absolute atomic E-state index is 14.2. The Morgan fingerprint density at radius 1 is 1.00 bits per heavy atom. The molecule has 35 heavy (non-hydrogen) atoms. The molecule has 2 aromatic heterocycles. The van der Waals surface area contributed by atoms with Crippen LogP contribution in [0, 0.1) is 12.7 Å². The van der Waals surface area contributed by atoms with Gasteiger partial charge in [0.25, 0.3) is 0 Å². The molecule has 1 amide bonds. The van der Waals surface area contributed by atoms with Gasteiger partial charge in [-0.2, -0.15) is 0 Å². The molecule has 5 heteroatoms. The van der Waals surface area contributed by atoms with Gasteiger partial charge in [0.05, 0.1) is 16.9 Å². The molecule has 0 atom stereocenters. The number of benzene rings is 3. The summed E-state index contributed by atoms with van der Waals surface area (Å²) in [4.78, 5) is 23.2. The first-order chi connectivity index (χ1) is 17.0. The number of aromatic amines is 1. The molecule has 4 nitrogen and oxygen atoms in total. The summed E-state index contributed by atoms with van der Waals surface area (Å²) in [7, 11) is 0. The highest BCUT2D eigenvalue weighted by Crippen LogP contribution is 2.32. The number of aromatic nitrogens is 2. The molecule has 0 spiro atoms. The van der Waals surface area contributed by atoms with Crippen LogP contribution < -0.4 is 4.90 Å². The second-order valence-corrected chi connectivity index (χ2v) is 8.89. The summed E-state index contributed by atoms with van der Waals surface area (Å²) in [6.07, 6.45) is 1.71. The molecular weight excluding hydrogens is 437 g/mol. The molecule has 5 rings (SSSR count). The fraction of sp³-hybridized carbons (Fsp3) is 0.200. The molecule has 2 heterocycles. The Morgan fingerprint density at radius 3 is 2.69 bits per heavy atom. The van der Waals surface area contributed by atoms with Crippen molar-refractivity contribution in [2.24, 2.45) is 0 Å². The normalized spacial score (nSPS) is 11.3. The van der Waals surface area contributed by atoms with Crippen molar-refractivity contribution in [2.75, 3.05) is 11.4 Å². The standard InChI is InChI=1S/C30H28FN3O/c1-3-34(23-10-6-8-20(2)18-23)29(35)13-7-11-24-25-19-22(31)15-17-27(25)33-30(24)28-16-14-21-9-4-5-12-26(21)32-28/h4-6,8-10,12,14-19,33H,3,7,11,13H2,1-2H3. The molecule has 0 unspecified atom stereocenters. The fourth-order valence-corrected chi connectivity index (χ4v) is 4.75. The smallest absolute Gasteiger partial charge is 0.226 e. The van der Waals surface area contributed by atoms with E-state index in [1.165, 1.54) is 6.07 Å². The van der Waals surface area contributed by atoms with Gasteiger partial charge in [-0.15, -0.1) is 0 Å². The van der Waals surface area contributed by atoms with Crippen LogP contribution in [0.5, 0.6) is 0 Å². The predicted octanol–water partition coefficient (Wildman–Crippen LogP) is 7.21. The van der Waals surface area contributed by atoms with Crippen LogP contribution in [-0.2, 0) is 11.2 Å². The van der Waals surface area contributed by atoms with Crippen molar-refractivity contribution >= 4 is 33.4 Å². The highest BCUT2D eigenvalue weighted by molar-refractivity contribution is 5.94. The first-order valence-electron chi connectivity index (χ1n) is 12.1. The van der Waals surface area contributed by atoms with Gasteiger partial charge in [0, 0.05) is 34.9 Å². The number of fused-ring (bicyclic) bond motifs is 2. The van der Waals surface area contributed by atoms with E-state index in [2.05, 4.69) is 11.1 Å². The molecule has 0 aliphatic rings. The summed E-state index contributed by atoms with van der Waals surface area (Å²) in [5.74, 6) is -0.182. The predicted molar refractivity (Wildman–Crippen MR) is 141 cm³/mol. The Kier molecular flexibility index (Phi) is 6.32. The third-order valence-corrected chi connectivity index (χ3v) is 6.47. The minimum absolute atomic E-state index is 0.0921. The number of carbonyl (C=O) groups excluding carboxylic acids is 1. The van der Waals surface area contributed by atoms with Crippen molar-refractivity contribution in [2.45, 2.75) is 33.1 Å². The summed E-state index contributed by atoms with van der Waals surface area (Å²) < 4.78 is 14.2. The Hall–Kier alpha value is -3.99. The van der Waals surface area contributed by atoms with Gasteiger partial charge in [0.1, 0.15) is 5.82 Å². The van der Waals surface area contributed by atoms with E-state index >= 15 is 0 Å². The topological polar surface area (TPSA) is 49.0 Å². The number of rotatable bonds is 7. The summed E-state index contributed by atoms with van der Waals surface area (Å²) in [5.41, 5.74) is 6.52. The number of anilines is 1. The van der Waals surface area contributed by atoms with E-state index in [1.807, 2.05) is 73.3 Å². The molecule has 0 aliphatic heterocycles.